The van der Waals surface area contributed by atoms with Crippen molar-refractivity contribution in [3.05, 3.63) is 55.0 Å². The number of pyridine rings is 1. The summed E-state index contributed by atoms with van der Waals surface area (Å²) in [6.45, 7) is 1.72. The molecular formula is C25H26N6O6S. The molecule has 0 radical (unpaired) electrons. The van der Waals surface area contributed by atoms with Gasteiger partial charge in [0, 0.05) is 18.9 Å². The minimum atomic E-state index is -3.97. The maximum Gasteiger partial charge on any atom is 0.414 e. The summed E-state index contributed by atoms with van der Waals surface area (Å²) < 4.78 is 32.8. The summed E-state index contributed by atoms with van der Waals surface area (Å²) in [7, 11) is -3.97. The van der Waals surface area contributed by atoms with E-state index in [1.165, 1.54) is 35.6 Å². The Balaban J connectivity index is 1.29. The highest BCUT2D eigenvalue weighted by atomic mass is 32.2. The van der Waals surface area contributed by atoms with E-state index in [-0.39, 0.29) is 29.6 Å². The summed E-state index contributed by atoms with van der Waals surface area (Å²) in [6.07, 6.45) is 4.32. The maximum absolute atomic E-state index is 13.5. The molecule has 0 saturated carbocycles. The molecule has 12 nitrogen and oxygen atoms in total. The van der Waals surface area contributed by atoms with Gasteiger partial charge >= 0.3 is 6.09 Å². The first-order chi connectivity index (χ1) is 18.3. The number of fused-ring (bicyclic) bond motifs is 2. The van der Waals surface area contributed by atoms with Crippen LogP contribution in [0.5, 0.6) is 5.88 Å². The van der Waals surface area contributed by atoms with E-state index in [9.17, 15) is 22.8 Å². The molecule has 5 rings (SSSR count). The monoisotopic (exact) mass is 538 g/mol. The van der Waals surface area contributed by atoms with Crippen LogP contribution in [0.25, 0.3) is 11.0 Å². The zero-order valence-electron chi connectivity index (χ0n) is 20.6. The molecule has 2 aliphatic rings. The van der Waals surface area contributed by atoms with Crippen LogP contribution in [0, 0.1) is 0 Å². The molecule has 2 saturated heterocycles. The third kappa shape index (κ3) is 4.82. The van der Waals surface area contributed by atoms with Crippen molar-refractivity contribution in [1.82, 2.24) is 29.5 Å². The number of nitrogens with zero attached hydrogens (tertiary/aromatic N) is 5. The van der Waals surface area contributed by atoms with Crippen molar-refractivity contribution in [1.29, 1.82) is 0 Å². The molecule has 2 fully saturated rings. The van der Waals surface area contributed by atoms with Gasteiger partial charge in [-0.05, 0) is 37.1 Å². The Hall–Kier alpha value is -3.97. The van der Waals surface area contributed by atoms with E-state index in [1.807, 2.05) is 13.0 Å². The largest absolute Gasteiger partial charge is 0.414 e. The molecule has 0 spiro atoms. The molecule has 1 N–H and O–H groups in total. The molecule has 38 heavy (non-hydrogen) atoms. The molecule has 0 aliphatic carbocycles. The average Bonchev–Trinajstić information content (AvgIpc) is 3.50. The summed E-state index contributed by atoms with van der Waals surface area (Å²) >= 11 is 0. The van der Waals surface area contributed by atoms with Crippen molar-refractivity contribution >= 4 is 38.8 Å². The van der Waals surface area contributed by atoms with Crippen LogP contribution in [0.15, 0.2) is 59.9 Å². The molecule has 0 bridgehead atoms. The highest BCUT2D eigenvalue weighted by Gasteiger charge is 2.54. The van der Waals surface area contributed by atoms with Gasteiger partial charge < -0.3 is 15.0 Å². The summed E-state index contributed by atoms with van der Waals surface area (Å²) in [5.74, 6) is -0.847. The lowest BCUT2D eigenvalue weighted by molar-refractivity contribution is -0.138. The number of rotatable bonds is 7. The molecule has 3 atom stereocenters. The van der Waals surface area contributed by atoms with Crippen molar-refractivity contribution in [2.75, 3.05) is 13.1 Å². The molecule has 2 amide bonds. The number of hydrogen-bond donors (Lipinski definition) is 1. The summed E-state index contributed by atoms with van der Waals surface area (Å²) in [4.78, 5) is 52.8. The Morgan fingerprint density at radius 1 is 1.16 bits per heavy atom. The fraction of sp³-hybridized carbons (Fsp3) is 0.360. The second-order valence-electron chi connectivity index (χ2n) is 9.11. The standard InChI is InChI=1S/C25H26N6O6S/c1-2-6-19(29-25(34)37-22-14-27-17-8-3-4-9-18(17)28-22)24(33)30-12-10-20-23(30)21(32)15-31(20)38(35,36)16-7-5-11-26-13-16/h3-5,7-9,11,13-14,19-20,23H,2,6,10,12,15H2,1H3,(H,29,34). The van der Waals surface area contributed by atoms with Gasteiger partial charge in [0.1, 0.15) is 17.0 Å². The zero-order valence-corrected chi connectivity index (χ0v) is 21.4. The minimum Gasteiger partial charge on any atom is -0.390 e. The fourth-order valence-electron chi connectivity index (χ4n) is 4.98. The van der Waals surface area contributed by atoms with Crippen LogP contribution in [0.4, 0.5) is 4.79 Å². The molecule has 3 aromatic rings. The predicted molar refractivity (Wildman–Crippen MR) is 134 cm³/mol. The third-order valence-corrected chi connectivity index (χ3v) is 8.55. The number of ketones is 1. The van der Waals surface area contributed by atoms with Gasteiger partial charge in [-0.3, -0.25) is 14.6 Å². The van der Waals surface area contributed by atoms with E-state index in [2.05, 4.69) is 20.3 Å². The minimum absolute atomic E-state index is 0.0108. The molecule has 2 aliphatic heterocycles. The smallest absolute Gasteiger partial charge is 0.390 e. The molecule has 3 unspecified atom stereocenters. The quantitative estimate of drug-likeness (QED) is 0.472. The van der Waals surface area contributed by atoms with E-state index in [1.54, 1.807) is 18.2 Å². The van der Waals surface area contributed by atoms with E-state index >= 15 is 0 Å². The van der Waals surface area contributed by atoms with Crippen LogP contribution in [-0.2, 0) is 19.6 Å². The number of benzene rings is 1. The number of carbonyl (C=O) groups is 3. The Kier molecular flexibility index (Phi) is 7.04. The number of nitrogens with one attached hydrogen (secondary N) is 1. The fourth-order valence-corrected chi connectivity index (χ4v) is 6.57. The van der Waals surface area contributed by atoms with E-state index in [4.69, 9.17) is 4.74 Å². The topological polar surface area (TPSA) is 152 Å². The van der Waals surface area contributed by atoms with Gasteiger partial charge in [0.05, 0.1) is 29.8 Å². The van der Waals surface area contributed by atoms with Crippen molar-refractivity contribution in [2.45, 2.75) is 49.2 Å². The molecular weight excluding hydrogens is 512 g/mol. The van der Waals surface area contributed by atoms with Crippen LogP contribution in [0.2, 0.25) is 0 Å². The maximum atomic E-state index is 13.5. The number of ether oxygens (including phenoxy) is 1. The van der Waals surface area contributed by atoms with Crippen molar-refractivity contribution in [2.24, 2.45) is 0 Å². The number of amides is 2. The average molecular weight is 539 g/mol. The van der Waals surface area contributed by atoms with Gasteiger partial charge in [-0.1, -0.05) is 25.5 Å². The van der Waals surface area contributed by atoms with Crippen molar-refractivity contribution < 1.29 is 27.5 Å². The van der Waals surface area contributed by atoms with Crippen molar-refractivity contribution in [3.8, 4) is 5.88 Å². The van der Waals surface area contributed by atoms with Gasteiger partial charge in [-0.25, -0.2) is 23.2 Å². The number of aromatic nitrogens is 3. The zero-order chi connectivity index (χ0) is 26.9. The van der Waals surface area contributed by atoms with Crippen LogP contribution in [0.1, 0.15) is 26.2 Å². The highest BCUT2D eigenvalue weighted by Crippen LogP contribution is 2.34. The molecule has 1 aromatic carbocycles. The number of Topliss-reactive ketones (excluding diaryl/α,β-unsaturated/α-hetero) is 1. The van der Waals surface area contributed by atoms with Crippen LogP contribution in [0.3, 0.4) is 0 Å². The second kappa shape index (κ2) is 10.4. The van der Waals surface area contributed by atoms with Gasteiger partial charge in [0.15, 0.2) is 5.78 Å². The Labute approximate surface area is 219 Å². The van der Waals surface area contributed by atoms with E-state index < -0.39 is 40.1 Å². The number of hydrogen-bond acceptors (Lipinski definition) is 9. The molecule has 2 aromatic heterocycles. The number of carbonyl (C=O) groups excluding carboxylic acids is 3. The summed E-state index contributed by atoms with van der Waals surface area (Å²) in [6, 6.07) is 7.48. The van der Waals surface area contributed by atoms with Gasteiger partial charge in [0.2, 0.25) is 21.8 Å². The van der Waals surface area contributed by atoms with Gasteiger partial charge in [-0.2, -0.15) is 4.31 Å². The SMILES string of the molecule is CCCC(NC(=O)Oc1cnc2ccccc2n1)C(=O)N1CCC2C1C(=O)CN2S(=O)(=O)c1cccnc1. The Bertz CT molecular complexity index is 1480. The van der Waals surface area contributed by atoms with E-state index in [0.29, 0.717) is 30.3 Å². The van der Waals surface area contributed by atoms with Gasteiger partial charge in [0.25, 0.3) is 0 Å². The summed E-state index contributed by atoms with van der Waals surface area (Å²) in [5.41, 5.74) is 1.19. The summed E-state index contributed by atoms with van der Waals surface area (Å²) in [5, 5.41) is 2.58. The molecule has 13 heteroatoms. The third-order valence-electron chi connectivity index (χ3n) is 6.69. The lowest BCUT2D eigenvalue weighted by Gasteiger charge is -2.28. The van der Waals surface area contributed by atoms with Crippen molar-refractivity contribution in [3.63, 3.8) is 0 Å². The predicted octanol–water partition coefficient (Wildman–Crippen LogP) is 1.52. The van der Waals surface area contributed by atoms with E-state index in [0.717, 1.165) is 4.31 Å². The lowest BCUT2D eigenvalue weighted by Crippen LogP contribution is -2.53. The number of sulfonamides is 1. The number of para-hydroxylation sites is 2. The first-order valence-electron chi connectivity index (χ1n) is 12.2. The first-order valence-corrected chi connectivity index (χ1v) is 13.7. The normalized spacial score (nSPS) is 20.3. The van der Waals surface area contributed by atoms with Gasteiger partial charge in [-0.15, -0.1) is 0 Å². The second-order valence-corrected chi connectivity index (χ2v) is 11.0. The molecule has 4 heterocycles. The lowest BCUT2D eigenvalue weighted by atomic mass is 10.1. The first kappa shape index (κ1) is 25.7. The Morgan fingerprint density at radius 2 is 1.95 bits per heavy atom. The van der Waals surface area contributed by atoms with Crippen LogP contribution in [-0.4, -0.2) is 81.6 Å². The Morgan fingerprint density at radius 3 is 2.68 bits per heavy atom. The highest BCUT2D eigenvalue weighted by molar-refractivity contribution is 7.89. The van der Waals surface area contributed by atoms with Crippen LogP contribution < -0.4 is 10.1 Å². The van der Waals surface area contributed by atoms with Crippen LogP contribution >= 0.6 is 0 Å². The number of likely N-dealkylation sites (tertiary alicyclic amines) is 1. The molecule has 198 valence electrons.